The minimum Gasteiger partial charge on any atom is -0.461 e. The van der Waals surface area contributed by atoms with Crippen LogP contribution in [0.5, 0.6) is 0 Å². The second-order valence-electron chi connectivity index (χ2n) is 2.32. The Kier molecular flexibility index (Phi) is 5.34. The Bertz CT molecular complexity index is 213. The Balaban J connectivity index is 3.83. The smallest absolute Gasteiger partial charge is 0.354 e. The first-order chi connectivity index (χ1) is 6.11. The molecule has 74 valence electrons. The average molecular weight is 186 g/mol. The van der Waals surface area contributed by atoms with Gasteiger partial charge in [-0.25, -0.2) is 9.59 Å². The van der Waals surface area contributed by atoms with Gasteiger partial charge in [-0.2, -0.15) is 0 Å². The monoisotopic (exact) mass is 186 g/mol. The number of rotatable bonds is 4. The lowest BCUT2D eigenvalue weighted by Crippen LogP contribution is -2.34. The van der Waals surface area contributed by atoms with Crippen LogP contribution in [0.3, 0.4) is 0 Å². The number of carbonyl (C=O) groups is 2. The van der Waals surface area contributed by atoms with Crippen LogP contribution < -0.4 is 10.6 Å². The maximum atomic E-state index is 11.0. The molecule has 0 spiro atoms. The van der Waals surface area contributed by atoms with Gasteiger partial charge in [0.1, 0.15) is 5.70 Å². The summed E-state index contributed by atoms with van der Waals surface area (Å²) in [6.07, 6.45) is 0.735. The predicted molar refractivity (Wildman–Crippen MR) is 48.0 cm³/mol. The highest BCUT2D eigenvalue weighted by Crippen LogP contribution is 1.91. The van der Waals surface area contributed by atoms with Crippen molar-refractivity contribution in [1.29, 1.82) is 0 Å². The molecule has 0 saturated carbocycles. The number of nitrogens with one attached hydrogen (secondary N) is 2. The van der Waals surface area contributed by atoms with Crippen LogP contribution in [0.4, 0.5) is 4.79 Å². The fourth-order valence-corrected chi connectivity index (χ4v) is 0.532. The second-order valence-corrected chi connectivity index (χ2v) is 2.32. The van der Waals surface area contributed by atoms with E-state index in [1.54, 1.807) is 0 Å². The van der Waals surface area contributed by atoms with Gasteiger partial charge in [0.05, 0.1) is 6.61 Å². The summed E-state index contributed by atoms with van der Waals surface area (Å²) in [6, 6.07) is -0.488. The molecule has 0 saturated heterocycles. The number of amides is 2. The number of urea groups is 1. The van der Waals surface area contributed by atoms with Crippen LogP contribution in [0.15, 0.2) is 12.3 Å². The third-order valence-corrected chi connectivity index (χ3v) is 1.18. The molecule has 2 N–H and O–H groups in total. The summed E-state index contributed by atoms with van der Waals surface area (Å²) in [5.74, 6) is -0.606. The lowest BCUT2D eigenvalue weighted by atomic mass is 10.5. The molecule has 5 heteroatoms. The topological polar surface area (TPSA) is 67.4 Å². The molecule has 0 aliphatic rings. The van der Waals surface area contributed by atoms with E-state index in [2.05, 4.69) is 17.2 Å². The van der Waals surface area contributed by atoms with E-state index < -0.39 is 12.0 Å². The van der Waals surface area contributed by atoms with Crippen LogP contribution in [0.1, 0.15) is 13.3 Å². The van der Waals surface area contributed by atoms with Crippen LogP contribution in [-0.4, -0.2) is 25.7 Å². The van der Waals surface area contributed by atoms with Gasteiger partial charge in [0.15, 0.2) is 0 Å². The Labute approximate surface area is 77.1 Å². The molecule has 0 unspecified atom stereocenters. The average Bonchev–Trinajstić information content (AvgIpc) is 2.13. The molecule has 2 amide bonds. The van der Waals surface area contributed by atoms with Gasteiger partial charge >= 0.3 is 12.0 Å². The summed E-state index contributed by atoms with van der Waals surface area (Å²) in [7, 11) is 1.44. The van der Waals surface area contributed by atoms with Crippen molar-refractivity contribution in [3.05, 3.63) is 12.3 Å². The van der Waals surface area contributed by atoms with E-state index in [9.17, 15) is 9.59 Å². The molecule has 5 nitrogen and oxygen atoms in total. The van der Waals surface area contributed by atoms with E-state index in [4.69, 9.17) is 4.74 Å². The molecule has 0 aromatic heterocycles. The maximum absolute atomic E-state index is 11.0. The van der Waals surface area contributed by atoms with Gasteiger partial charge in [0, 0.05) is 7.05 Å². The van der Waals surface area contributed by atoms with Crippen molar-refractivity contribution in [2.45, 2.75) is 13.3 Å². The summed E-state index contributed by atoms with van der Waals surface area (Å²) in [5.41, 5.74) is -0.0622. The van der Waals surface area contributed by atoms with Crippen LogP contribution in [0.2, 0.25) is 0 Å². The lowest BCUT2D eigenvalue weighted by molar-refractivity contribution is -0.139. The predicted octanol–water partition coefficient (Wildman–Crippen LogP) is 0.382. The van der Waals surface area contributed by atoms with Gasteiger partial charge in [-0.1, -0.05) is 13.5 Å². The largest absolute Gasteiger partial charge is 0.461 e. The van der Waals surface area contributed by atoms with Gasteiger partial charge in [-0.15, -0.1) is 0 Å². The van der Waals surface area contributed by atoms with Crippen molar-refractivity contribution >= 4 is 12.0 Å². The molecule has 0 atom stereocenters. The molecule has 0 fully saturated rings. The third-order valence-electron chi connectivity index (χ3n) is 1.18. The molecule has 0 aromatic rings. The molecule has 0 bridgehead atoms. The fourth-order valence-electron chi connectivity index (χ4n) is 0.532. The van der Waals surface area contributed by atoms with E-state index in [-0.39, 0.29) is 5.70 Å². The van der Waals surface area contributed by atoms with E-state index in [1.807, 2.05) is 6.92 Å². The normalized spacial score (nSPS) is 8.77. The van der Waals surface area contributed by atoms with Gasteiger partial charge in [-0.05, 0) is 6.42 Å². The van der Waals surface area contributed by atoms with Crippen LogP contribution in [0, 0.1) is 0 Å². The highest BCUT2D eigenvalue weighted by atomic mass is 16.5. The SMILES string of the molecule is C=C(NC(=O)NC)C(=O)OCCC. The van der Waals surface area contributed by atoms with Crippen molar-refractivity contribution < 1.29 is 14.3 Å². The Morgan fingerprint density at radius 1 is 1.46 bits per heavy atom. The van der Waals surface area contributed by atoms with Gasteiger partial charge in [0.25, 0.3) is 0 Å². The van der Waals surface area contributed by atoms with Crippen molar-refractivity contribution in [3.8, 4) is 0 Å². The molecule has 0 aliphatic carbocycles. The minimum atomic E-state index is -0.606. The first kappa shape index (κ1) is 11.5. The molecule has 0 heterocycles. The molecular weight excluding hydrogens is 172 g/mol. The summed E-state index contributed by atoms with van der Waals surface area (Å²) >= 11 is 0. The number of hydrogen-bond donors (Lipinski definition) is 2. The van der Waals surface area contributed by atoms with Gasteiger partial charge in [0.2, 0.25) is 0 Å². The van der Waals surface area contributed by atoms with Crippen LogP contribution in [0.25, 0.3) is 0 Å². The summed E-state index contributed by atoms with van der Waals surface area (Å²) in [4.78, 5) is 21.7. The molecule has 0 aromatic carbocycles. The molecule has 0 aliphatic heterocycles. The van der Waals surface area contributed by atoms with E-state index in [0.717, 1.165) is 6.42 Å². The van der Waals surface area contributed by atoms with Crippen molar-refractivity contribution in [1.82, 2.24) is 10.6 Å². The summed E-state index contributed by atoms with van der Waals surface area (Å²) in [5, 5.41) is 4.51. The summed E-state index contributed by atoms with van der Waals surface area (Å²) < 4.78 is 4.72. The zero-order valence-electron chi connectivity index (χ0n) is 7.85. The highest BCUT2D eigenvalue weighted by molar-refractivity contribution is 5.92. The number of carbonyl (C=O) groups excluding carboxylic acids is 2. The van der Waals surface area contributed by atoms with Crippen LogP contribution >= 0.6 is 0 Å². The van der Waals surface area contributed by atoms with Crippen molar-refractivity contribution in [2.24, 2.45) is 0 Å². The van der Waals surface area contributed by atoms with Gasteiger partial charge < -0.3 is 15.4 Å². The van der Waals surface area contributed by atoms with Crippen LogP contribution in [-0.2, 0) is 9.53 Å². The van der Waals surface area contributed by atoms with E-state index in [0.29, 0.717) is 6.61 Å². The Morgan fingerprint density at radius 2 is 2.08 bits per heavy atom. The number of ether oxygens (including phenoxy) is 1. The first-order valence-electron chi connectivity index (χ1n) is 3.96. The molecule has 13 heavy (non-hydrogen) atoms. The second kappa shape index (κ2) is 6.05. The Morgan fingerprint density at radius 3 is 2.54 bits per heavy atom. The lowest BCUT2D eigenvalue weighted by Gasteiger charge is -2.06. The summed E-state index contributed by atoms with van der Waals surface area (Å²) in [6.45, 7) is 5.55. The number of hydrogen-bond acceptors (Lipinski definition) is 3. The number of esters is 1. The first-order valence-corrected chi connectivity index (χ1v) is 3.96. The zero-order valence-corrected chi connectivity index (χ0v) is 7.85. The minimum absolute atomic E-state index is 0.0622. The van der Waals surface area contributed by atoms with Crippen molar-refractivity contribution in [3.63, 3.8) is 0 Å². The van der Waals surface area contributed by atoms with E-state index in [1.165, 1.54) is 7.05 Å². The molecular formula is C8H14N2O3. The van der Waals surface area contributed by atoms with Crippen molar-refractivity contribution in [2.75, 3.05) is 13.7 Å². The quantitative estimate of drug-likeness (QED) is 0.492. The highest BCUT2D eigenvalue weighted by Gasteiger charge is 2.09. The zero-order chi connectivity index (χ0) is 10.3. The maximum Gasteiger partial charge on any atom is 0.354 e. The molecule has 0 rings (SSSR count). The van der Waals surface area contributed by atoms with E-state index >= 15 is 0 Å². The standard InChI is InChI=1S/C8H14N2O3/c1-4-5-13-7(11)6(2)10-8(12)9-3/h2,4-5H2,1,3H3,(H2,9,10,12). The Hall–Kier alpha value is -1.52. The fraction of sp³-hybridized carbons (Fsp3) is 0.500. The third kappa shape index (κ3) is 4.84. The van der Waals surface area contributed by atoms with Gasteiger partial charge in [-0.3, -0.25) is 0 Å². The molecule has 0 radical (unpaired) electrons.